The third-order valence-corrected chi connectivity index (χ3v) is 5.39. The highest BCUT2D eigenvalue weighted by Crippen LogP contribution is 2.20. The first-order valence-corrected chi connectivity index (χ1v) is 11.2. The summed E-state index contributed by atoms with van der Waals surface area (Å²) in [6.45, 7) is 0. The van der Waals surface area contributed by atoms with E-state index in [2.05, 4.69) is 16.0 Å². The monoisotopic (exact) mass is 485 g/mol. The van der Waals surface area contributed by atoms with Gasteiger partial charge in [-0.25, -0.2) is 0 Å². The minimum absolute atomic E-state index is 0.149. The molecule has 0 spiro atoms. The lowest BCUT2D eigenvalue weighted by molar-refractivity contribution is 0.0976. The fourth-order valence-electron chi connectivity index (χ4n) is 3.29. The largest absolute Gasteiger partial charge is 0.332 e. The van der Waals surface area contributed by atoms with Crippen molar-refractivity contribution in [3.63, 3.8) is 0 Å². The normalized spacial score (nSPS) is 10.3. The summed E-state index contributed by atoms with van der Waals surface area (Å²) in [5, 5.41) is 9.09. The maximum atomic E-state index is 12.6. The average Bonchev–Trinajstić information content (AvgIpc) is 2.85. The van der Waals surface area contributed by atoms with Gasteiger partial charge in [0.2, 0.25) is 0 Å². The van der Waals surface area contributed by atoms with E-state index in [0.29, 0.717) is 27.5 Å². The molecule has 168 valence electrons. The van der Waals surface area contributed by atoms with Gasteiger partial charge in [-0.3, -0.25) is 14.9 Å². The van der Waals surface area contributed by atoms with Gasteiger partial charge in [0.25, 0.3) is 11.8 Å². The fraction of sp³-hybridized carbons (Fsp3) is 0. The quantitative estimate of drug-likeness (QED) is 0.286. The van der Waals surface area contributed by atoms with Crippen molar-refractivity contribution in [2.24, 2.45) is 0 Å². The maximum Gasteiger partial charge on any atom is 0.257 e. The number of halogens is 1. The van der Waals surface area contributed by atoms with E-state index in [4.69, 9.17) is 23.8 Å². The van der Waals surface area contributed by atoms with E-state index in [9.17, 15) is 9.59 Å². The van der Waals surface area contributed by atoms with Crippen molar-refractivity contribution in [3.05, 3.63) is 119 Å². The van der Waals surface area contributed by atoms with Crippen LogP contribution in [0.1, 0.15) is 20.7 Å². The first-order valence-electron chi connectivity index (χ1n) is 10.4. The molecule has 0 aliphatic carbocycles. The maximum absolute atomic E-state index is 12.6. The van der Waals surface area contributed by atoms with Crippen LogP contribution in [0.3, 0.4) is 0 Å². The molecule has 0 aromatic heterocycles. The zero-order valence-electron chi connectivity index (χ0n) is 17.9. The van der Waals surface area contributed by atoms with E-state index in [1.807, 2.05) is 42.5 Å². The van der Waals surface area contributed by atoms with Crippen molar-refractivity contribution in [3.8, 4) is 11.1 Å². The summed E-state index contributed by atoms with van der Waals surface area (Å²) < 4.78 is 0. The Balaban J connectivity index is 1.35. The molecule has 5 nitrogen and oxygen atoms in total. The Morgan fingerprint density at radius 1 is 0.618 bits per heavy atom. The molecule has 4 rings (SSSR count). The Morgan fingerprint density at radius 2 is 1.26 bits per heavy atom. The van der Waals surface area contributed by atoms with Crippen LogP contribution in [0.2, 0.25) is 5.02 Å². The van der Waals surface area contributed by atoms with E-state index < -0.39 is 0 Å². The van der Waals surface area contributed by atoms with Gasteiger partial charge in [0.15, 0.2) is 5.11 Å². The molecular weight excluding hydrogens is 466 g/mol. The van der Waals surface area contributed by atoms with Crippen LogP contribution in [0.4, 0.5) is 11.4 Å². The summed E-state index contributed by atoms with van der Waals surface area (Å²) in [4.78, 5) is 25.0. The lowest BCUT2D eigenvalue weighted by Crippen LogP contribution is -2.34. The van der Waals surface area contributed by atoms with E-state index in [0.717, 1.165) is 11.1 Å². The van der Waals surface area contributed by atoms with Crippen molar-refractivity contribution in [2.45, 2.75) is 0 Å². The van der Waals surface area contributed by atoms with Gasteiger partial charge in [0, 0.05) is 27.5 Å². The number of benzene rings is 4. The molecule has 0 atom stereocenters. The standard InChI is InChI=1S/C27H20ClN3O2S/c28-22-9-4-8-21(16-22)26(33)29-23-10-5-11-24(17-23)30-27(34)31-25(32)20-14-12-19(13-15-20)18-6-2-1-3-7-18/h1-17H,(H,29,33)(H2,30,31,32,34). The molecule has 2 amide bonds. The van der Waals surface area contributed by atoms with Crippen molar-refractivity contribution >= 4 is 52.1 Å². The van der Waals surface area contributed by atoms with Gasteiger partial charge in [-0.2, -0.15) is 0 Å². The topological polar surface area (TPSA) is 70.2 Å². The van der Waals surface area contributed by atoms with Crippen LogP contribution in [-0.4, -0.2) is 16.9 Å². The third-order valence-electron chi connectivity index (χ3n) is 4.95. The number of rotatable bonds is 5. The molecule has 34 heavy (non-hydrogen) atoms. The zero-order chi connectivity index (χ0) is 23.9. The number of carbonyl (C=O) groups is 2. The van der Waals surface area contributed by atoms with Gasteiger partial charge in [-0.15, -0.1) is 0 Å². The molecule has 7 heteroatoms. The minimum Gasteiger partial charge on any atom is -0.332 e. The summed E-state index contributed by atoms with van der Waals surface area (Å²) in [6, 6.07) is 30.9. The van der Waals surface area contributed by atoms with E-state index >= 15 is 0 Å². The zero-order valence-corrected chi connectivity index (χ0v) is 19.5. The van der Waals surface area contributed by atoms with Gasteiger partial charge < -0.3 is 10.6 Å². The minimum atomic E-state index is -0.317. The highest BCUT2D eigenvalue weighted by atomic mass is 35.5. The number of hydrogen-bond acceptors (Lipinski definition) is 3. The second kappa shape index (κ2) is 10.7. The van der Waals surface area contributed by atoms with Crippen molar-refractivity contribution in [2.75, 3.05) is 10.6 Å². The second-order valence-electron chi connectivity index (χ2n) is 7.40. The highest BCUT2D eigenvalue weighted by Gasteiger charge is 2.10. The molecular formula is C27H20ClN3O2S. The molecule has 4 aromatic rings. The number of anilines is 2. The summed E-state index contributed by atoms with van der Waals surface area (Å²) in [5.41, 5.74) is 4.23. The van der Waals surface area contributed by atoms with Crippen LogP contribution in [0.15, 0.2) is 103 Å². The van der Waals surface area contributed by atoms with Crippen LogP contribution >= 0.6 is 23.8 Å². The Morgan fingerprint density at radius 3 is 1.97 bits per heavy atom. The summed E-state index contributed by atoms with van der Waals surface area (Å²) >= 11 is 11.2. The SMILES string of the molecule is O=C(NC(=S)Nc1cccc(NC(=O)c2cccc(Cl)c2)c1)c1ccc(-c2ccccc2)cc1. The molecule has 0 heterocycles. The van der Waals surface area contributed by atoms with Crippen LogP contribution in [0.5, 0.6) is 0 Å². The van der Waals surface area contributed by atoms with Gasteiger partial charge >= 0.3 is 0 Å². The molecule has 0 aliphatic heterocycles. The van der Waals surface area contributed by atoms with Crippen molar-refractivity contribution in [1.29, 1.82) is 0 Å². The van der Waals surface area contributed by atoms with Crippen molar-refractivity contribution in [1.82, 2.24) is 5.32 Å². The van der Waals surface area contributed by atoms with E-state index in [-0.39, 0.29) is 16.9 Å². The smallest absolute Gasteiger partial charge is 0.257 e. The molecule has 0 bridgehead atoms. The van der Waals surface area contributed by atoms with Crippen LogP contribution in [0.25, 0.3) is 11.1 Å². The molecule has 0 fully saturated rings. The summed E-state index contributed by atoms with van der Waals surface area (Å²) in [5.74, 6) is -0.600. The van der Waals surface area contributed by atoms with E-state index in [1.165, 1.54) is 0 Å². The molecule has 0 unspecified atom stereocenters. The predicted molar refractivity (Wildman–Crippen MR) is 141 cm³/mol. The van der Waals surface area contributed by atoms with Crippen LogP contribution < -0.4 is 16.0 Å². The van der Waals surface area contributed by atoms with Gasteiger partial charge in [0.05, 0.1) is 0 Å². The Labute approximate surface area is 207 Å². The fourth-order valence-corrected chi connectivity index (χ4v) is 3.69. The molecule has 0 radical (unpaired) electrons. The van der Waals surface area contributed by atoms with Crippen LogP contribution in [-0.2, 0) is 0 Å². The third kappa shape index (κ3) is 6.07. The summed E-state index contributed by atoms with van der Waals surface area (Å²) in [6.07, 6.45) is 0. The molecule has 3 N–H and O–H groups in total. The van der Waals surface area contributed by atoms with Gasteiger partial charge in [-0.1, -0.05) is 66.2 Å². The first kappa shape index (κ1) is 23.2. The summed E-state index contributed by atoms with van der Waals surface area (Å²) in [7, 11) is 0. The second-order valence-corrected chi connectivity index (χ2v) is 8.24. The van der Waals surface area contributed by atoms with Gasteiger partial charge in [0.1, 0.15) is 0 Å². The Bertz CT molecular complexity index is 1340. The number of hydrogen-bond donors (Lipinski definition) is 3. The number of thiocarbonyl (C=S) groups is 1. The van der Waals surface area contributed by atoms with Crippen LogP contribution in [0, 0.1) is 0 Å². The lowest BCUT2D eigenvalue weighted by Gasteiger charge is -2.12. The Hall–Kier alpha value is -4.00. The number of carbonyl (C=O) groups excluding carboxylic acids is 2. The lowest BCUT2D eigenvalue weighted by atomic mass is 10.0. The van der Waals surface area contributed by atoms with E-state index in [1.54, 1.807) is 60.7 Å². The van der Waals surface area contributed by atoms with Gasteiger partial charge in [-0.05, 0) is 71.9 Å². The molecule has 0 aliphatic rings. The molecule has 0 saturated carbocycles. The highest BCUT2D eigenvalue weighted by molar-refractivity contribution is 7.80. The predicted octanol–water partition coefficient (Wildman–Crippen LogP) is 6.39. The average molecular weight is 486 g/mol. The number of amides is 2. The van der Waals surface area contributed by atoms with Crippen molar-refractivity contribution < 1.29 is 9.59 Å². The molecule has 4 aromatic carbocycles. The first-order chi connectivity index (χ1) is 16.5. The number of nitrogens with one attached hydrogen (secondary N) is 3. The molecule has 0 saturated heterocycles. The Kier molecular flexibility index (Phi) is 7.32.